The molecule has 38 heavy (non-hydrogen) atoms. The Morgan fingerprint density at radius 3 is 2.53 bits per heavy atom. The number of carbonyl (C=O) groups excluding carboxylic acids is 3. The molecule has 1 fully saturated rings. The molecule has 3 aromatic rings. The summed E-state index contributed by atoms with van der Waals surface area (Å²) in [6.07, 6.45) is 2.20. The van der Waals surface area contributed by atoms with Gasteiger partial charge in [0.15, 0.2) is 0 Å². The van der Waals surface area contributed by atoms with Crippen molar-refractivity contribution in [2.45, 2.75) is 25.8 Å². The second-order valence-corrected chi connectivity index (χ2v) is 10.0. The van der Waals surface area contributed by atoms with E-state index in [2.05, 4.69) is 4.90 Å². The molecule has 1 atom stereocenters. The lowest BCUT2D eigenvalue weighted by Crippen LogP contribution is -2.44. The van der Waals surface area contributed by atoms with Crippen molar-refractivity contribution in [2.24, 2.45) is 5.92 Å². The molecule has 0 radical (unpaired) electrons. The number of hydrogen-bond donors (Lipinski definition) is 0. The monoisotopic (exact) mass is 511 g/mol. The average Bonchev–Trinajstić information content (AvgIpc) is 3.21. The van der Waals surface area contributed by atoms with Crippen LogP contribution in [0.1, 0.15) is 44.7 Å². The minimum Gasteiger partial charge on any atom is -0.497 e. The van der Waals surface area contributed by atoms with Crippen LogP contribution in [0.15, 0.2) is 72.8 Å². The van der Waals surface area contributed by atoms with E-state index >= 15 is 0 Å². The lowest BCUT2D eigenvalue weighted by Gasteiger charge is -2.36. The number of hydrogen-bond acceptors (Lipinski definition) is 5. The van der Waals surface area contributed by atoms with Gasteiger partial charge in [0.2, 0.25) is 5.91 Å². The second kappa shape index (κ2) is 11.1. The van der Waals surface area contributed by atoms with Crippen LogP contribution in [-0.2, 0) is 17.8 Å². The molecule has 0 N–H and O–H groups in total. The zero-order chi connectivity index (χ0) is 26.6. The van der Waals surface area contributed by atoms with Crippen molar-refractivity contribution in [3.8, 4) is 5.75 Å². The summed E-state index contributed by atoms with van der Waals surface area (Å²) in [5.74, 6) is 0.161. The van der Waals surface area contributed by atoms with Gasteiger partial charge in [0.1, 0.15) is 5.75 Å². The fourth-order valence-electron chi connectivity index (χ4n) is 5.50. The highest BCUT2D eigenvalue weighted by molar-refractivity contribution is 6.23. The summed E-state index contributed by atoms with van der Waals surface area (Å²) >= 11 is 0. The molecule has 7 heteroatoms. The fraction of sp³-hybridized carbons (Fsp3) is 0.323. The van der Waals surface area contributed by atoms with Gasteiger partial charge in [0.05, 0.1) is 29.8 Å². The molecule has 1 saturated heterocycles. The Balaban J connectivity index is 1.30. The summed E-state index contributed by atoms with van der Waals surface area (Å²) in [7, 11) is 3.46. The Kier molecular flexibility index (Phi) is 7.45. The first-order valence-electron chi connectivity index (χ1n) is 13.1. The van der Waals surface area contributed by atoms with E-state index in [0.717, 1.165) is 42.0 Å². The van der Waals surface area contributed by atoms with Crippen molar-refractivity contribution >= 4 is 23.4 Å². The highest BCUT2D eigenvalue weighted by Gasteiger charge is 2.39. The summed E-state index contributed by atoms with van der Waals surface area (Å²) < 4.78 is 5.29. The van der Waals surface area contributed by atoms with E-state index in [1.54, 1.807) is 18.1 Å². The topological polar surface area (TPSA) is 70.2 Å². The second-order valence-electron chi connectivity index (χ2n) is 10.0. The fourth-order valence-corrected chi connectivity index (χ4v) is 5.50. The first-order valence-corrected chi connectivity index (χ1v) is 13.1. The van der Waals surface area contributed by atoms with Gasteiger partial charge in [-0.05, 0) is 54.7 Å². The number of carbonyl (C=O) groups is 3. The molecule has 0 bridgehead atoms. The Bertz CT molecular complexity index is 1340. The number of methoxy groups -OCH3 is 1. The molecule has 2 aliphatic rings. The number of fused-ring (bicyclic) bond motifs is 1. The van der Waals surface area contributed by atoms with E-state index < -0.39 is 0 Å². The van der Waals surface area contributed by atoms with Crippen molar-refractivity contribution in [3.05, 3.63) is 95.1 Å². The van der Waals surface area contributed by atoms with Gasteiger partial charge in [-0.1, -0.05) is 48.5 Å². The third kappa shape index (κ3) is 5.14. The molecule has 2 aliphatic heterocycles. The zero-order valence-electron chi connectivity index (χ0n) is 21.9. The minimum absolute atomic E-state index is 0.105. The van der Waals surface area contributed by atoms with Crippen LogP contribution < -0.4 is 9.64 Å². The van der Waals surface area contributed by atoms with Gasteiger partial charge < -0.3 is 14.5 Å². The molecule has 2 heterocycles. The minimum atomic E-state index is -0.266. The van der Waals surface area contributed by atoms with E-state index in [9.17, 15) is 14.4 Å². The van der Waals surface area contributed by atoms with Crippen LogP contribution in [0.5, 0.6) is 5.75 Å². The summed E-state index contributed by atoms with van der Waals surface area (Å²) in [4.78, 5) is 45.3. The third-order valence-electron chi connectivity index (χ3n) is 7.49. The van der Waals surface area contributed by atoms with Crippen molar-refractivity contribution in [1.82, 2.24) is 9.80 Å². The molecular formula is C31H33N3O4. The van der Waals surface area contributed by atoms with Gasteiger partial charge >= 0.3 is 0 Å². The van der Waals surface area contributed by atoms with Gasteiger partial charge in [0, 0.05) is 33.2 Å². The van der Waals surface area contributed by atoms with Gasteiger partial charge in [0.25, 0.3) is 11.8 Å². The quantitative estimate of drug-likeness (QED) is 0.419. The number of piperidine rings is 1. The largest absolute Gasteiger partial charge is 0.497 e. The Labute approximate surface area is 223 Å². The number of ether oxygens (including phenoxy) is 1. The molecule has 196 valence electrons. The standard InChI is InChI=1S/C31H33N3O4/c1-32(20-23-9-4-3-5-10-23)29(35)24-12-8-17-33(21-24)27-15-7-14-26-28(27)31(37)34(30(26)36)18-16-22-11-6-13-25(19-22)38-2/h3-7,9-11,13-15,19,24H,8,12,16-18,20-21H2,1-2H3/t24-/m1/s1. The van der Waals surface area contributed by atoms with E-state index in [4.69, 9.17) is 4.74 Å². The number of benzene rings is 3. The van der Waals surface area contributed by atoms with Gasteiger partial charge in [-0.2, -0.15) is 0 Å². The highest BCUT2D eigenvalue weighted by Crippen LogP contribution is 2.34. The third-order valence-corrected chi connectivity index (χ3v) is 7.49. The number of nitrogens with zero attached hydrogens (tertiary/aromatic N) is 3. The average molecular weight is 512 g/mol. The van der Waals surface area contributed by atoms with Crippen molar-refractivity contribution in [2.75, 3.05) is 38.7 Å². The van der Waals surface area contributed by atoms with E-state index in [1.165, 1.54) is 4.90 Å². The van der Waals surface area contributed by atoms with E-state index in [-0.39, 0.29) is 23.6 Å². The van der Waals surface area contributed by atoms with Crippen LogP contribution in [0.3, 0.4) is 0 Å². The molecule has 0 aliphatic carbocycles. The summed E-state index contributed by atoms with van der Waals surface area (Å²) in [6.45, 7) is 2.13. The van der Waals surface area contributed by atoms with Crippen LogP contribution >= 0.6 is 0 Å². The first-order chi connectivity index (χ1) is 18.5. The summed E-state index contributed by atoms with van der Waals surface area (Å²) in [5.41, 5.74) is 3.72. The SMILES string of the molecule is COc1cccc(CCN2C(=O)c3cccc(N4CCC[C@@H](C(=O)N(C)Cc5ccccc5)C4)c3C2=O)c1. The summed E-state index contributed by atoms with van der Waals surface area (Å²) in [5, 5.41) is 0. The highest BCUT2D eigenvalue weighted by atomic mass is 16.5. The number of rotatable bonds is 8. The molecule has 0 aromatic heterocycles. The van der Waals surface area contributed by atoms with Crippen molar-refractivity contribution in [3.63, 3.8) is 0 Å². The van der Waals surface area contributed by atoms with Gasteiger partial charge in [-0.25, -0.2) is 0 Å². The molecule has 3 aromatic carbocycles. The molecule has 0 unspecified atom stereocenters. The van der Waals surface area contributed by atoms with Crippen LogP contribution in [0.2, 0.25) is 0 Å². The number of amides is 3. The van der Waals surface area contributed by atoms with Crippen LogP contribution in [-0.4, -0.2) is 61.3 Å². The Morgan fingerprint density at radius 2 is 1.74 bits per heavy atom. The van der Waals surface area contributed by atoms with Gasteiger partial charge in [-0.3, -0.25) is 19.3 Å². The molecule has 0 saturated carbocycles. The van der Waals surface area contributed by atoms with Crippen LogP contribution in [0.25, 0.3) is 0 Å². The molecule has 5 rings (SSSR count). The molecule has 0 spiro atoms. The number of anilines is 1. The molecule has 7 nitrogen and oxygen atoms in total. The Morgan fingerprint density at radius 1 is 0.974 bits per heavy atom. The molecule has 3 amide bonds. The van der Waals surface area contributed by atoms with Crippen LogP contribution in [0, 0.1) is 5.92 Å². The number of imide groups is 1. The lowest BCUT2D eigenvalue weighted by molar-refractivity contribution is -0.135. The predicted molar refractivity (Wildman–Crippen MR) is 146 cm³/mol. The van der Waals surface area contributed by atoms with E-state index in [0.29, 0.717) is 37.2 Å². The predicted octanol–water partition coefficient (Wildman–Crippen LogP) is 4.41. The molecular weight excluding hydrogens is 478 g/mol. The van der Waals surface area contributed by atoms with Crippen molar-refractivity contribution < 1.29 is 19.1 Å². The zero-order valence-corrected chi connectivity index (χ0v) is 21.9. The smallest absolute Gasteiger partial charge is 0.263 e. The maximum absolute atomic E-state index is 13.5. The van der Waals surface area contributed by atoms with Gasteiger partial charge in [-0.15, -0.1) is 0 Å². The maximum Gasteiger partial charge on any atom is 0.263 e. The van der Waals surface area contributed by atoms with Crippen molar-refractivity contribution in [1.29, 1.82) is 0 Å². The summed E-state index contributed by atoms with van der Waals surface area (Å²) in [6, 6.07) is 23.1. The maximum atomic E-state index is 13.5. The Hall–Kier alpha value is -4.13. The first kappa shape index (κ1) is 25.5. The lowest BCUT2D eigenvalue weighted by atomic mass is 9.94. The van der Waals surface area contributed by atoms with E-state index in [1.807, 2.05) is 73.8 Å². The normalized spacial score (nSPS) is 16.9. The van der Waals surface area contributed by atoms with Crippen LogP contribution in [0.4, 0.5) is 5.69 Å².